The molecule has 1 aliphatic carbocycles. The van der Waals surface area contributed by atoms with Crippen molar-refractivity contribution >= 4 is 18.3 Å². The summed E-state index contributed by atoms with van der Waals surface area (Å²) in [6, 6.07) is 9.93. The van der Waals surface area contributed by atoms with Crippen LogP contribution in [0.2, 0.25) is 0 Å². The monoisotopic (exact) mass is 294 g/mol. The van der Waals surface area contributed by atoms with E-state index in [-0.39, 0.29) is 24.2 Å². The Hall–Kier alpha value is -1.06. The summed E-state index contributed by atoms with van der Waals surface area (Å²) in [7, 11) is 0. The van der Waals surface area contributed by atoms with Gasteiger partial charge in [-0.05, 0) is 30.2 Å². The van der Waals surface area contributed by atoms with Crippen LogP contribution in [-0.2, 0) is 4.79 Å². The average molecular weight is 295 g/mol. The van der Waals surface area contributed by atoms with Crippen molar-refractivity contribution in [3.63, 3.8) is 0 Å². The predicted octanol–water partition coefficient (Wildman–Crippen LogP) is 2.55. The number of carbonyl (C=O) groups is 1. The number of halogens is 1. The zero-order valence-corrected chi connectivity index (χ0v) is 12.6. The van der Waals surface area contributed by atoms with Crippen LogP contribution in [0.15, 0.2) is 30.3 Å². The molecule has 1 amide bonds. The minimum atomic E-state index is -0.170. The van der Waals surface area contributed by atoms with Crippen molar-refractivity contribution in [3.05, 3.63) is 35.9 Å². The van der Waals surface area contributed by atoms with E-state index in [0.717, 1.165) is 18.7 Å². The maximum absolute atomic E-state index is 12.7. The molecule has 20 heavy (non-hydrogen) atoms. The van der Waals surface area contributed by atoms with Crippen molar-refractivity contribution in [2.45, 2.75) is 31.6 Å². The summed E-state index contributed by atoms with van der Waals surface area (Å²) in [4.78, 5) is 14.7. The van der Waals surface area contributed by atoms with Crippen LogP contribution in [0.25, 0.3) is 0 Å². The first-order valence-corrected chi connectivity index (χ1v) is 7.28. The molecule has 1 aromatic rings. The standard InChI is InChI=1S/C16H22N2O.ClH/c17-11-14(13-5-2-1-3-6-13)15(19)18-10-9-16(12-18)7-4-8-16;/h1-3,5-6,14H,4,7-12,17H2;1H. The van der Waals surface area contributed by atoms with E-state index in [4.69, 9.17) is 5.73 Å². The lowest BCUT2D eigenvalue weighted by Crippen LogP contribution is -2.39. The van der Waals surface area contributed by atoms with Crippen LogP contribution < -0.4 is 5.73 Å². The van der Waals surface area contributed by atoms with E-state index in [1.165, 1.54) is 25.7 Å². The van der Waals surface area contributed by atoms with Gasteiger partial charge in [-0.3, -0.25) is 4.79 Å². The highest BCUT2D eigenvalue weighted by molar-refractivity contribution is 5.85. The SMILES string of the molecule is Cl.NCC(C(=O)N1CCC2(CCC2)C1)c1ccccc1. The smallest absolute Gasteiger partial charge is 0.231 e. The molecular formula is C16H23ClN2O. The highest BCUT2D eigenvalue weighted by Crippen LogP contribution is 2.48. The summed E-state index contributed by atoms with van der Waals surface area (Å²) in [6.45, 7) is 2.27. The van der Waals surface area contributed by atoms with Gasteiger partial charge in [-0.15, -0.1) is 12.4 Å². The molecule has 0 radical (unpaired) electrons. The van der Waals surface area contributed by atoms with Crippen LogP contribution in [0.4, 0.5) is 0 Å². The third-order valence-corrected chi connectivity index (χ3v) is 4.90. The summed E-state index contributed by atoms with van der Waals surface area (Å²) in [5.74, 6) is 0.0499. The highest BCUT2D eigenvalue weighted by atomic mass is 35.5. The number of nitrogens with zero attached hydrogens (tertiary/aromatic N) is 1. The van der Waals surface area contributed by atoms with Gasteiger partial charge in [0, 0.05) is 19.6 Å². The Morgan fingerprint density at radius 2 is 1.95 bits per heavy atom. The Labute approximate surface area is 126 Å². The minimum absolute atomic E-state index is 0. The van der Waals surface area contributed by atoms with Crippen molar-refractivity contribution in [2.24, 2.45) is 11.1 Å². The lowest BCUT2D eigenvalue weighted by molar-refractivity contribution is -0.132. The number of amides is 1. The summed E-state index contributed by atoms with van der Waals surface area (Å²) < 4.78 is 0. The summed E-state index contributed by atoms with van der Waals surface area (Å²) in [5, 5.41) is 0. The van der Waals surface area contributed by atoms with Crippen molar-refractivity contribution in [1.29, 1.82) is 0 Å². The van der Waals surface area contributed by atoms with Gasteiger partial charge < -0.3 is 10.6 Å². The van der Waals surface area contributed by atoms with Crippen LogP contribution >= 0.6 is 12.4 Å². The Morgan fingerprint density at radius 3 is 2.45 bits per heavy atom. The van der Waals surface area contributed by atoms with Crippen LogP contribution in [0, 0.1) is 5.41 Å². The van der Waals surface area contributed by atoms with E-state index >= 15 is 0 Å². The molecule has 2 N–H and O–H groups in total. The third kappa shape index (κ3) is 2.70. The molecule has 110 valence electrons. The molecule has 1 saturated heterocycles. The third-order valence-electron chi connectivity index (χ3n) is 4.90. The first kappa shape index (κ1) is 15.3. The van der Waals surface area contributed by atoms with Crippen LogP contribution in [0.5, 0.6) is 0 Å². The van der Waals surface area contributed by atoms with Crippen molar-refractivity contribution in [1.82, 2.24) is 4.90 Å². The van der Waals surface area contributed by atoms with E-state index < -0.39 is 0 Å². The normalized spacial score (nSPS) is 21.1. The lowest BCUT2D eigenvalue weighted by Gasteiger charge is -2.38. The molecule has 1 aromatic carbocycles. The van der Waals surface area contributed by atoms with Gasteiger partial charge in [0.15, 0.2) is 0 Å². The second-order valence-electron chi connectivity index (χ2n) is 6.06. The van der Waals surface area contributed by atoms with Gasteiger partial charge in [0.05, 0.1) is 5.92 Å². The number of carbonyl (C=O) groups excluding carboxylic acids is 1. The minimum Gasteiger partial charge on any atom is -0.342 e. The average Bonchev–Trinajstić information content (AvgIpc) is 2.86. The number of nitrogens with two attached hydrogens (primary N) is 1. The summed E-state index contributed by atoms with van der Waals surface area (Å²) in [6.07, 6.45) is 5.12. The van der Waals surface area contributed by atoms with Gasteiger partial charge in [0.1, 0.15) is 0 Å². The number of rotatable bonds is 3. The molecule has 3 rings (SSSR count). The van der Waals surface area contributed by atoms with Gasteiger partial charge >= 0.3 is 0 Å². The molecule has 0 bridgehead atoms. The van der Waals surface area contributed by atoms with Crippen molar-refractivity contribution < 1.29 is 4.79 Å². The molecule has 1 unspecified atom stereocenters. The second kappa shape index (κ2) is 6.15. The van der Waals surface area contributed by atoms with E-state index in [9.17, 15) is 4.79 Å². The Balaban J connectivity index is 0.00000147. The van der Waals surface area contributed by atoms with Crippen LogP contribution in [-0.4, -0.2) is 30.4 Å². The number of hydrogen-bond donors (Lipinski definition) is 1. The van der Waals surface area contributed by atoms with Gasteiger partial charge in [0.25, 0.3) is 0 Å². The molecule has 4 heteroatoms. The molecule has 0 aromatic heterocycles. The fourth-order valence-electron chi connectivity index (χ4n) is 3.49. The van der Waals surface area contributed by atoms with Crippen LogP contribution in [0.3, 0.4) is 0 Å². The molecule has 1 atom stereocenters. The van der Waals surface area contributed by atoms with Crippen molar-refractivity contribution in [3.8, 4) is 0 Å². The second-order valence-corrected chi connectivity index (χ2v) is 6.06. The Bertz CT molecular complexity index is 459. The van der Waals surface area contributed by atoms with Crippen LogP contribution in [0.1, 0.15) is 37.2 Å². The maximum atomic E-state index is 12.7. The highest BCUT2D eigenvalue weighted by Gasteiger charge is 2.44. The Kier molecular flexibility index (Phi) is 4.71. The number of hydrogen-bond acceptors (Lipinski definition) is 2. The molecule has 3 nitrogen and oxygen atoms in total. The van der Waals surface area contributed by atoms with Gasteiger partial charge in [-0.1, -0.05) is 36.8 Å². The van der Waals surface area contributed by atoms with E-state index in [1.807, 2.05) is 35.2 Å². The molecule has 1 aliphatic heterocycles. The molecule has 1 spiro atoms. The molecule has 1 saturated carbocycles. The zero-order valence-electron chi connectivity index (χ0n) is 11.8. The van der Waals surface area contributed by atoms with Gasteiger partial charge in [0.2, 0.25) is 5.91 Å². The molecule has 1 heterocycles. The fraction of sp³-hybridized carbons (Fsp3) is 0.562. The largest absolute Gasteiger partial charge is 0.342 e. The predicted molar refractivity (Wildman–Crippen MR) is 83.0 cm³/mol. The fourth-order valence-corrected chi connectivity index (χ4v) is 3.49. The molecular weight excluding hydrogens is 272 g/mol. The first-order chi connectivity index (χ1) is 9.24. The summed E-state index contributed by atoms with van der Waals surface area (Å²) in [5.41, 5.74) is 7.35. The maximum Gasteiger partial charge on any atom is 0.231 e. The zero-order chi connectivity index (χ0) is 13.3. The Morgan fingerprint density at radius 1 is 1.25 bits per heavy atom. The number of benzene rings is 1. The van der Waals surface area contributed by atoms with E-state index in [0.29, 0.717) is 12.0 Å². The van der Waals surface area contributed by atoms with E-state index in [2.05, 4.69) is 0 Å². The van der Waals surface area contributed by atoms with Gasteiger partial charge in [-0.2, -0.15) is 0 Å². The number of likely N-dealkylation sites (tertiary alicyclic amines) is 1. The molecule has 2 fully saturated rings. The van der Waals surface area contributed by atoms with Gasteiger partial charge in [-0.25, -0.2) is 0 Å². The first-order valence-electron chi connectivity index (χ1n) is 7.28. The topological polar surface area (TPSA) is 46.3 Å². The quantitative estimate of drug-likeness (QED) is 0.931. The lowest BCUT2D eigenvalue weighted by atomic mass is 9.68. The van der Waals surface area contributed by atoms with Crippen molar-refractivity contribution in [2.75, 3.05) is 19.6 Å². The van der Waals surface area contributed by atoms with E-state index in [1.54, 1.807) is 0 Å². The summed E-state index contributed by atoms with van der Waals surface area (Å²) >= 11 is 0. The molecule has 2 aliphatic rings.